The Morgan fingerprint density at radius 3 is 2.71 bits per heavy atom. The lowest BCUT2D eigenvalue weighted by Gasteiger charge is -2.16. The second-order valence-electron chi connectivity index (χ2n) is 5.12. The maximum Gasteiger partial charge on any atom is 0.0746 e. The molecule has 0 saturated carbocycles. The summed E-state index contributed by atoms with van der Waals surface area (Å²) in [5.41, 5.74) is 3.67. The van der Waals surface area contributed by atoms with Crippen LogP contribution in [0.15, 0.2) is 60.8 Å². The molecule has 0 amide bonds. The Morgan fingerprint density at radius 2 is 1.86 bits per heavy atom. The van der Waals surface area contributed by atoms with E-state index in [1.165, 1.54) is 20.1 Å². The quantitative estimate of drug-likeness (QED) is 0.656. The molecule has 1 N–H and O–H groups in total. The van der Waals surface area contributed by atoms with E-state index < -0.39 is 0 Å². The largest absolute Gasteiger partial charge is 0.306 e. The molecule has 0 bridgehead atoms. The molecule has 1 unspecified atom stereocenters. The Hall–Kier alpha value is -1.46. The fourth-order valence-electron chi connectivity index (χ4n) is 2.51. The fourth-order valence-corrected chi connectivity index (χ4v) is 3.36. The normalized spacial score (nSPS) is 12.5. The smallest absolute Gasteiger partial charge is 0.0746 e. The van der Waals surface area contributed by atoms with Crippen molar-refractivity contribution in [3.63, 3.8) is 0 Å². The third kappa shape index (κ3) is 3.24. The molecule has 2 nitrogen and oxygen atoms in total. The molecular formula is C18H17IN2. The highest BCUT2D eigenvalue weighted by molar-refractivity contribution is 14.1. The zero-order chi connectivity index (χ0) is 14.7. The summed E-state index contributed by atoms with van der Waals surface area (Å²) >= 11 is 2.39. The van der Waals surface area contributed by atoms with Crippen LogP contribution >= 0.6 is 22.6 Å². The van der Waals surface area contributed by atoms with Gasteiger partial charge < -0.3 is 5.32 Å². The summed E-state index contributed by atoms with van der Waals surface area (Å²) < 4.78 is 1.30. The molecule has 0 saturated heterocycles. The number of nitrogens with zero attached hydrogens (tertiary/aromatic N) is 1. The molecule has 106 valence electrons. The van der Waals surface area contributed by atoms with Gasteiger partial charge in [0.25, 0.3) is 0 Å². The predicted octanol–water partition coefficient (Wildman–Crippen LogP) is 4.69. The van der Waals surface area contributed by atoms with Crippen LogP contribution < -0.4 is 5.32 Å². The Kier molecular flexibility index (Phi) is 4.51. The number of aromatic nitrogens is 1. The van der Waals surface area contributed by atoms with Gasteiger partial charge in [-0.15, -0.1) is 0 Å². The second kappa shape index (κ2) is 6.54. The number of para-hydroxylation sites is 1. The van der Waals surface area contributed by atoms with Crippen molar-refractivity contribution in [1.82, 2.24) is 10.3 Å². The van der Waals surface area contributed by atoms with Crippen molar-refractivity contribution in [2.45, 2.75) is 19.5 Å². The molecule has 0 spiro atoms. The molecule has 2 aromatic carbocycles. The van der Waals surface area contributed by atoms with E-state index in [1.807, 2.05) is 12.3 Å². The molecule has 3 aromatic rings. The summed E-state index contributed by atoms with van der Waals surface area (Å²) in [4.78, 5) is 4.51. The van der Waals surface area contributed by atoms with Gasteiger partial charge in [-0.1, -0.05) is 42.5 Å². The average Bonchev–Trinajstić information content (AvgIpc) is 2.53. The van der Waals surface area contributed by atoms with E-state index in [9.17, 15) is 0 Å². The third-order valence-electron chi connectivity index (χ3n) is 3.69. The van der Waals surface area contributed by atoms with E-state index in [2.05, 4.69) is 88.3 Å². The number of pyridine rings is 1. The van der Waals surface area contributed by atoms with Crippen molar-refractivity contribution in [1.29, 1.82) is 0 Å². The van der Waals surface area contributed by atoms with E-state index in [0.717, 1.165) is 12.1 Å². The summed E-state index contributed by atoms with van der Waals surface area (Å²) in [6, 6.07) is 19.2. The number of fused-ring (bicyclic) bond motifs is 1. The summed E-state index contributed by atoms with van der Waals surface area (Å²) in [6.45, 7) is 3.02. The number of benzene rings is 2. The maximum atomic E-state index is 4.51. The van der Waals surface area contributed by atoms with E-state index in [-0.39, 0.29) is 0 Å². The lowest BCUT2D eigenvalue weighted by molar-refractivity contribution is 0.574. The van der Waals surface area contributed by atoms with E-state index in [0.29, 0.717) is 6.04 Å². The molecule has 1 aromatic heterocycles. The van der Waals surface area contributed by atoms with Crippen LogP contribution in [0.5, 0.6) is 0 Å². The lowest BCUT2D eigenvalue weighted by atomic mass is 10.1. The lowest BCUT2D eigenvalue weighted by Crippen LogP contribution is -2.19. The van der Waals surface area contributed by atoms with Crippen molar-refractivity contribution in [2.75, 3.05) is 0 Å². The monoisotopic (exact) mass is 388 g/mol. The van der Waals surface area contributed by atoms with Gasteiger partial charge in [0.1, 0.15) is 0 Å². The zero-order valence-corrected chi connectivity index (χ0v) is 14.0. The fraction of sp³-hybridized carbons (Fsp3) is 0.167. The first-order chi connectivity index (χ1) is 10.3. The van der Waals surface area contributed by atoms with Gasteiger partial charge in [0, 0.05) is 27.7 Å². The van der Waals surface area contributed by atoms with Crippen molar-refractivity contribution < 1.29 is 0 Å². The number of rotatable bonds is 4. The molecule has 1 heterocycles. The molecule has 3 heteroatoms. The van der Waals surface area contributed by atoms with Crippen LogP contribution in [0.3, 0.4) is 0 Å². The Bertz CT molecular complexity index is 750. The minimum atomic E-state index is 0.317. The van der Waals surface area contributed by atoms with Gasteiger partial charge in [-0.05, 0) is 52.8 Å². The molecule has 0 aliphatic rings. The third-order valence-corrected chi connectivity index (χ3v) is 4.67. The first-order valence-electron chi connectivity index (χ1n) is 7.06. The summed E-state index contributed by atoms with van der Waals surface area (Å²) in [7, 11) is 0. The van der Waals surface area contributed by atoms with Gasteiger partial charge in [-0.2, -0.15) is 0 Å². The van der Waals surface area contributed by atoms with E-state index in [1.54, 1.807) is 0 Å². The summed E-state index contributed by atoms with van der Waals surface area (Å²) in [6.07, 6.45) is 1.86. The van der Waals surface area contributed by atoms with Crippen molar-refractivity contribution >= 4 is 33.5 Å². The van der Waals surface area contributed by atoms with Crippen LogP contribution in [0.2, 0.25) is 0 Å². The van der Waals surface area contributed by atoms with Gasteiger partial charge >= 0.3 is 0 Å². The standard InChI is InChI=1S/C18H17IN2/c1-13(16-9-2-3-10-17(16)19)21-12-15-7-4-6-14-8-5-11-20-18(14)15/h2-11,13,21H,12H2,1H3. The highest BCUT2D eigenvalue weighted by Crippen LogP contribution is 2.21. The van der Waals surface area contributed by atoms with E-state index in [4.69, 9.17) is 0 Å². The van der Waals surface area contributed by atoms with Crippen LogP contribution in [0.25, 0.3) is 10.9 Å². The first kappa shape index (κ1) is 14.5. The molecule has 0 aliphatic heterocycles. The van der Waals surface area contributed by atoms with Crippen LogP contribution in [-0.2, 0) is 6.54 Å². The van der Waals surface area contributed by atoms with Gasteiger partial charge in [-0.25, -0.2) is 0 Å². The first-order valence-corrected chi connectivity index (χ1v) is 8.14. The second-order valence-corrected chi connectivity index (χ2v) is 6.28. The molecule has 0 radical (unpaired) electrons. The van der Waals surface area contributed by atoms with Crippen LogP contribution in [-0.4, -0.2) is 4.98 Å². The predicted molar refractivity (Wildman–Crippen MR) is 96.2 cm³/mol. The number of hydrogen-bond acceptors (Lipinski definition) is 2. The topological polar surface area (TPSA) is 24.9 Å². The van der Waals surface area contributed by atoms with Gasteiger partial charge in [0.05, 0.1) is 5.52 Å². The van der Waals surface area contributed by atoms with Crippen LogP contribution in [0.1, 0.15) is 24.1 Å². The van der Waals surface area contributed by atoms with Crippen molar-refractivity contribution in [2.24, 2.45) is 0 Å². The van der Waals surface area contributed by atoms with Gasteiger partial charge in [-0.3, -0.25) is 4.98 Å². The summed E-state index contributed by atoms with van der Waals surface area (Å²) in [5.74, 6) is 0. The molecule has 0 fully saturated rings. The number of halogens is 1. The van der Waals surface area contributed by atoms with Gasteiger partial charge in [0.15, 0.2) is 0 Å². The highest BCUT2D eigenvalue weighted by atomic mass is 127. The Morgan fingerprint density at radius 1 is 1.05 bits per heavy atom. The zero-order valence-electron chi connectivity index (χ0n) is 11.9. The van der Waals surface area contributed by atoms with Crippen molar-refractivity contribution in [3.05, 3.63) is 75.5 Å². The molecule has 0 aliphatic carbocycles. The Labute approximate surface area is 138 Å². The maximum absolute atomic E-state index is 4.51. The minimum absolute atomic E-state index is 0.317. The van der Waals surface area contributed by atoms with Crippen molar-refractivity contribution in [3.8, 4) is 0 Å². The number of nitrogens with one attached hydrogen (secondary N) is 1. The summed E-state index contributed by atoms with van der Waals surface area (Å²) in [5, 5.41) is 4.80. The Balaban J connectivity index is 1.79. The average molecular weight is 388 g/mol. The van der Waals surface area contributed by atoms with Crippen LogP contribution in [0.4, 0.5) is 0 Å². The van der Waals surface area contributed by atoms with Crippen LogP contribution in [0, 0.1) is 3.57 Å². The highest BCUT2D eigenvalue weighted by Gasteiger charge is 2.09. The minimum Gasteiger partial charge on any atom is -0.306 e. The van der Waals surface area contributed by atoms with Gasteiger partial charge in [0.2, 0.25) is 0 Å². The molecule has 21 heavy (non-hydrogen) atoms. The SMILES string of the molecule is CC(NCc1cccc2cccnc12)c1ccccc1I. The molecular weight excluding hydrogens is 371 g/mol. The number of hydrogen-bond donors (Lipinski definition) is 1. The van der Waals surface area contributed by atoms with E-state index >= 15 is 0 Å². The molecule has 1 atom stereocenters. The molecule has 3 rings (SSSR count).